The average Bonchev–Trinajstić information content (AvgIpc) is 3.22. The third-order valence-electron chi connectivity index (χ3n) is 4.48. The molecular weight excluding hydrogens is 406 g/mol. The van der Waals surface area contributed by atoms with Crippen LogP contribution in [0.5, 0.6) is 0 Å². The topological polar surface area (TPSA) is 100 Å². The smallest absolute Gasteiger partial charge is 0.356 e. The molecule has 0 saturated carbocycles. The van der Waals surface area contributed by atoms with Gasteiger partial charge in [0.1, 0.15) is 9.71 Å². The molecule has 8 nitrogen and oxygen atoms in total. The van der Waals surface area contributed by atoms with Gasteiger partial charge in [0, 0.05) is 19.4 Å². The number of pyridine rings is 1. The summed E-state index contributed by atoms with van der Waals surface area (Å²) in [5, 5.41) is 0.207. The van der Waals surface area contributed by atoms with Crippen LogP contribution in [0.25, 0.3) is 10.2 Å². The highest BCUT2D eigenvalue weighted by atomic mass is 32.1. The van der Waals surface area contributed by atoms with E-state index in [-0.39, 0.29) is 22.4 Å². The Morgan fingerprint density at radius 1 is 1.07 bits per heavy atom. The van der Waals surface area contributed by atoms with Crippen LogP contribution in [0.4, 0.5) is 0 Å². The van der Waals surface area contributed by atoms with Crippen LogP contribution in [-0.2, 0) is 18.3 Å². The Bertz CT molecular complexity index is 1370. The van der Waals surface area contributed by atoms with Crippen LogP contribution in [0.1, 0.15) is 25.6 Å². The van der Waals surface area contributed by atoms with Crippen LogP contribution >= 0.6 is 11.3 Å². The zero-order valence-electron chi connectivity index (χ0n) is 15.8. The standard InChI is InChI=1S/C21H15N3O5S/c1-23-18-15(17(25)24(21(23)28)12-13-6-3-2-4-7-13)10-16(30-18)20(27)29-19(26)14-8-5-9-22-11-14/h2-11H,12H2,1H3. The Kier molecular flexibility index (Phi) is 5.11. The van der Waals surface area contributed by atoms with Gasteiger partial charge in [0.15, 0.2) is 0 Å². The first kappa shape index (κ1) is 19.5. The van der Waals surface area contributed by atoms with Crippen LogP contribution < -0.4 is 11.2 Å². The third kappa shape index (κ3) is 3.58. The Labute approximate surface area is 173 Å². The van der Waals surface area contributed by atoms with Crippen molar-refractivity contribution in [1.29, 1.82) is 0 Å². The van der Waals surface area contributed by atoms with E-state index in [1.165, 1.54) is 36.1 Å². The number of carbonyl (C=O) groups excluding carboxylic acids is 2. The number of aryl methyl sites for hydroxylation is 1. The number of nitrogens with zero attached hydrogens (tertiary/aromatic N) is 3. The fourth-order valence-corrected chi connectivity index (χ4v) is 3.95. The summed E-state index contributed by atoms with van der Waals surface area (Å²) in [7, 11) is 1.53. The second kappa shape index (κ2) is 7.88. The van der Waals surface area contributed by atoms with Crippen LogP contribution in [0.15, 0.2) is 70.5 Å². The van der Waals surface area contributed by atoms with Gasteiger partial charge in [-0.05, 0) is 23.8 Å². The molecular formula is C21H15N3O5S. The lowest BCUT2D eigenvalue weighted by molar-refractivity contribution is 0.0401. The van der Waals surface area contributed by atoms with Crippen LogP contribution in [0.2, 0.25) is 0 Å². The predicted octanol–water partition coefficient (Wildman–Crippen LogP) is 2.20. The highest BCUT2D eigenvalue weighted by Gasteiger charge is 2.21. The number of hydrogen-bond acceptors (Lipinski definition) is 7. The third-order valence-corrected chi connectivity index (χ3v) is 5.67. The molecule has 4 rings (SSSR count). The number of hydrogen-bond donors (Lipinski definition) is 0. The molecule has 0 aliphatic heterocycles. The second-order valence-corrected chi connectivity index (χ2v) is 7.50. The van der Waals surface area contributed by atoms with Crippen molar-refractivity contribution in [1.82, 2.24) is 14.1 Å². The zero-order chi connectivity index (χ0) is 21.3. The summed E-state index contributed by atoms with van der Waals surface area (Å²) in [6.45, 7) is 0.109. The SMILES string of the molecule is Cn1c(=O)n(Cc2ccccc2)c(=O)c2cc(C(=O)OC(=O)c3cccnc3)sc21. The summed E-state index contributed by atoms with van der Waals surface area (Å²) >= 11 is 0.920. The molecule has 0 aliphatic carbocycles. The molecule has 0 fully saturated rings. The van der Waals surface area contributed by atoms with Crippen molar-refractivity contribution in [2.24, 2.45) is 7.05 Å². The van der Waals surface area contributed by atoms with Crippen molar-refractivity contribution in [2.75, 3.05) is 0 Å². The van der Waals surface area contributed by atoms with Crippen molar-refractivity contribution >= 4 is 33.5 Å². The first-order valence-electron chi connectivity index (χ1n) is 8.89. The minimum Gasteiger partial charge on any atom is -0.385 e. The van der Waals surface area contributed by atoms with E-state index in [0.29, 0.717) is 4.83 Å². The molecule has 150 valence electrons. The molecule has 3 heterocycles. The monoisotopic (exact) mass is 421 g/mol. The molecule has 0 unspecified atom stereocenters. The summed E-state index contributed by atoms with van der Waals surface area (Å²) < 4.78 is 7.31. The molecule has 9 heteroatoms. The molecule has 0 N–H and O–H groups in total. The molecule has 0 spiro atoms. The first-order chi connectivity index (χ1) is 14.5. The summed E-state index contributed by atoms with van der Waals surface area (Å²) in [4.78, 5) is 54.3. The van der Waals surface area contributed by atoms with Crippen molar-refractivity contribution in [3.8, 4) is 0 Å². The van der Waals surface area contributed by atoms with Gasteiger partial charge in [-0.2, -0.15) is 0 Å². The van der Waals surface area contributed by atoms with Crippen molar-refractivity contribution < 1.29 is 14.3 Å². The number of benzene rings is 1. The van der Waals surface area contributed by atoms with E-state index in [1.54, 1.807) is 6.07 Å². The molecule has 0 bridgehead atoms. The normalized spacial score (nSPS) is 10.8. The summed E-state index contributed by atoms with van der Waals surface area (Å²) in [6, 6.07) is 13.5. The van der Waals surface area contributed by atoms with E-state index in [0.717, 1.165) is 21.5 Å². The lowest BCUT2D eigenvalue weighted by atomic mass is 10.2. The fourth-order valence-electron chi connectivity index (χ4n) is 2.97. The first-order valence-corrected chi connectivity index (χ1v) is 9.71. The molecule has 4 aromatic rings. The number of aromatic nitrogens is 3. The van der Waals surface area contributed by atoms with Gasteiger partial charge in [0.05, 0.1) is 17.5 Å². The summed E-state index contributed by atoms with van der Waals surface area (Å²) in [6.07, 6.45) is 2.78. The maximum atomic E-state index is 12.9. The van der Waals surface area contributed by atoms with E-state index in [2.05, 4.69) is 4.98 Å². The average molecular weight is 421 g/mol. The lowest BCUT2D eigenvalue weighted by Gasteiger charge is -2.08. The molecule has 1 aromatic carbocycles. The number of rotatable bonds is 4. The van der Waals surface area contributed by atoms with Gasteiger partial charge in [-0.15, -0.1) is 11.3 Å². The number of thiophene rings is 1. The van der Waals surface area contributed by atoms with Gasteiger partial charge in [0.25, 0.3) is 5.56 Å². The van der Waals surface area contributed by atoms with E-state index in [4.69, 9.17) is 4.74 Å². The van der Waals surface area contributed by atoms with Gasteiger partial charge < -0.3 is 4.74 Å². The van der Waals surface area contributed by atoms with Crippen molar-refractivity contribution in [3.63, 3.8) is 0 Å². The van der Waals surface area contributed by atoms with E-state index >= 15 is 0 Å². The Hall–Kier alpha value is -3.85. The molecule has 30 heavy (non-hydrogen) atoms. The van der Waals surface area contributed by atoms with Gasteiger partial charge in [-0.25, -0.2) is 14.4 Å². The fraction of sp³-hybridized carbons (Fsp3) is 0.0952. The zero-order valence-corrected chi connectivity index (χ0v) is 16.6. The van der Waals surface area contributed by atoms with Crippen LogP contribution in [0, 0.1) is 0 Å². The molecule has 0 radical (unpaired) electrons. The van der Waals surface area contributed by atoms with E-state index in [9.17, 15) is 19.2 Å². The Balaban J connectivity index is 1.70. The number of esters is 2. The largest absolute Gasteiger partial charge is 0.385 e. The van der Waals surface area contributed by atoms with Crippen LogP contribution in [-0.4, -0.2) is 26.1 Å². The van der Waals surface area contributed by atoms with E-state index in [1.807, 2.05) is 30.3 Å². The quantitative estimate of drug-likeness (QED) is 0.370. The molecule has 0 atom stereocenters. The molecule has 3 aromatic heterocycles. The van der Waals surface area contributed by atoms with Crippen LogP contribution in [0.3, 0.4) is 0 Å². The lowest BCUT2D eigenvalue weighted by Crippen LogP contribution is -2.38. The van der Waals surface area contributed by atoms with Crippen molar-refractivity contribution in [3.05, 3.63) is 97.8 Å². The highest BCUT2D eigenvalue weighted by Crippen LogP contribution is 2.23. The molecule has 0 saturated heterocycles. The highest BCUT2D eigenvalue weighted by molar-refractivity contribution is 7.20. The van der Waals surface area contributed by atoms with Crippen molar-refractivity contribution in [2.45, 2.75) is 6.54 Å². The summed E-state index contributed by atoms with van der Waals surface area (Å²) in [5.41, 5.74) is -0.0760. The van der Waals surface area contributed by atoms with Gasteiger partial charge in [0.2, 0.25) is 0 Å². The molecule has 0 aliphatic rings. The summed E-state index contributed by atoms with van der Waals surface area (Å²) in [5.74, 6) is -1.74. The van der Waals surface area contributed by atoms with E-state index < -0.39 is 23.2 Å². The Morgan fingerprint density at radius 2 is 1.83 bits per heavy atom. The molecule has 0 amide bonds. The number of fused-ring (bicyclic) bond motifs is 1. The van der Waals surface area contributed by atoms with Gasteiger partial charge >= 0.3 is 17.6 Å². The van der Waals surface area contributed by atoms with Gasteiger partial charge in [-0.1, -0.05) is 30.3 Å². The second-order valence-electron chi connectivity index (χ2n) is 6.47. The maximum absolute atomic E-state index is 12.9. The van der Waals surface area contributed by atoms with Gasteiger partial charge in [-0.3, -0.25) is 18.9 Å². The minimum absolute atomic E-state index is 0.0480. The number of carbonyl (C=O) groups is 2. The Morgan fingerprint density at radius 3 is 2.53 bits per heavy atom. The number of ether oxygens (including phenoxy) is 1. The maximum Gasteiger partial charge on any atom is 0.356 e. The minimum atomic E-state index is -0.897. The predicted molar refractivity (Wildman–Crippen MR) is 111 cm³/mol.